The number of benzene rings is 2. The molecule has 2 rings (SSSR count). The van der Waals surface area contributed by atoms with E-state index in [1.54, 1.807) is 12.1 Å². The number of carbonyl (C=O) groups is 1. The van der Waals surface area contributed by atoms with Crippen molar-refractivity contribution in [3.05, 3.63) is 58.3 Å². The Kier molecular flexibility index (Phi) is 5.92. The van der Waals surface area contributed by atoms with Gasteiger partial charge in [-0.2, -0.15) is 0 Å². The molecule has 0 aliphatic heterocycles. The van der Waals surface area contributed by atoms with Crippen LogP contribution in [-0.4, -0.2) is 26.6 Å². The number of nitrogens with zero attached hydrogens (tertiary/aromatic N) is 1. The molecule has 9 heteroatoms. The van der Waals surface area contributed by atoms with E-state index in [4.69, 9.17) is 23.2 Å². The van der Waals surface area contributed by atoms with Crippen molar-refractivity contribution in [2.45, 2.75) is 13.0 Å². The van der Waals surface area contributed by atoms with E-state index in [0.29, 0.717) is 5.02 Å². The highest BCUT2D eigenvalue weighted by molar-refractivity contribution is 7.92. The van der Waals surface area contributed by atoms with E-state index in [0.717, 1.165) is 16.6 Å². The number of sulfonamides is 1. The fourth-order valence-corrected chi connectivity index (χ4v) is 3.77. The molecule has 0 aliphatic carbocycles. The lowest BCUT2D eigenvalue weighted by molar-refractivity contribution is -0.116. The first-order valence-corrected chi connectivity index (χ1v) is 9.71. The van der Waals surface area contributed by atoms with Crippen LogP contribution < -0.4 is 9.62 Å². The van der Waals surface area contributed by atoms with Crippen molar-refractivity contribution in [2.24, 2.45) is 0 Å². The fraction of sp³-hybridized carbons (Fsp3) is 0.188. The van der Waals surface area contributed by atoms with Crippen LogP contribution in [0.15, 0.2) is 42.5 Å². The molecule has 1 N–H and O–H groups in total. The van der Waals surface area contributed by atoms with Crippen molar-refractivity contribution < 1.29 is 17.6 Å². The molecule has 0 spiro atoms. The van der Waals surface area contributed by atoms with E-state index in [1.807, 2.05) is 0 Å². The molecule has 2 aromatic carbocycles. The molecule has 0 aromatic heterocycles. The van der Waals surface area contributed by atoms with Crippen molar-refractivity contribution in [3.63, 3.8) is 0 Å². The monoisotopic (exact) mass is 404 g/mol. The van der Waals surface area contributed by atoms with Gasteiger partial charge in [0.1, 0.15) is 11.9 Å². The van der Waals surface area contributed by atoms with Crippen molar-refractivity contribution in [3.8, 4) is 0 Å². The zero-order valence-electron chi connectivity index (χ0n) is 13.3. The highest BCUT2D eigenvalue weighted by Crippen LogP contribution is 2.25. The summed E-state index contributed by atoms with van der Waals surface area (Å²) in [5.74, 6) is -1.22. The third kappa shape index (κ3) is 4.84. The number of rotatable bonds is 5. The Morgan fingerprint density at radius 1 is 1.20 bits per heavy atom. The molecule has 2 aromatic rings. The lowest BCUT2D eigenvalue weighted by Gasteiger charge is -2.28. The van der Waals surface area contributed by atoms with E-state index in [9.17, 15) is 17.6 Å². The minimum absolute atomic E-state index is 0.153. The molecule has 1 atom stereocenters. The minimum atomic E-state index is -3.76. The van der Waals surface area contributed by atoms with Gasteiger partial charge in [0.2, 0.25) is 15.9 Å². The fourth-order valence-electron chi connectivity index (χ4n) is 2.24. The Morgan fingerprint density at radius 3 is 2.44 bits per heavy atom. The maximum absolute atomic E-state index is 13.2. The Morgan fingerprint density at radius 2 is 1.88 bits per heavy atom. The third-order valence-electron chi connectivity index (χ3n) is 3.34. The van der Waals surface area contributed by atoms with Crippen LogP contribution in [0.4, 0.5) is 15.8 Å². The first-order valence-electron chi connectivity index (χ1n) is 7.10. The maximum Gasteiger partial charge on any atom is 0.247 e. The van der Waals surface area contributed by atoms with Crippen molar-refractivity contribution in [1.29, 1.82) is 0 Å². The summed E-state index contributed by atoms with van der Waals surface area (Å²) in [6.07, 6.45) is 0.993. The number of amides is 1. The van der Waals surface area contributed by atoms with Crippen LogP contribution in [0.5, 0.6) is 0 Å². The molecule has 134 valence electrons. The predicted octanol–water partition coefficient (Wildman–Crippen LogP) is 3.93. The lowest BCUT2D eigenvalue weighted by atomic mass is 10.2. The van der Waals surface area contributed by atoms with Crippen molar-refractivity contribution >= 4 is 50.5 Å². The molecule has 0 saturated heterocycles. The average molecular weight is 405 g/mol. The Hall–Kier alpha value is -1.83. The van der Waals surface area contributed by atoms with Crippen molar-refractivity contribution in [2.75, 3.05) is 15.9 Å². The lowest BCUT2D eigenvalue weighted by Crippen LogP contribution is -2.45. The summed E-state index contributed by atoms with van der Waals surface area (Å²) in [6.45, 7) is 1.43. The van der Waals surface area contributed by atoms with E-state index < -0.39 is 27.8 Å². The summed E-state index contributed by atoms with van der Waals surface area (Å²) in [5.41, 5.74) is 0.512. The summed E-state index contributed by atoms with van der Waals surface area (Å²) >= 11 is 11.6. The third-order valence-corrected chi connectivity index (χ3v) is 5.10. The normalized spacial score (nSPS) is 12.5. The Balaban J connectivity index is 2.31. The van der Waals surface area contributed by atoms with Gasteiger partial charge in [0.05, 0.1) is 17.0 Å². The van der Waals surface area contributed by atoms with E-state index >= 15 is 0 Å². The summed E-state index contributed by atoms with van der Waals surface area (Å²) < 4.78 is 38.5. The van der Waals surface area contributed by atoms with E-state index in [-0.39, 0.29) is 16.4 Å². The van der Waals surface area contributed by atoms with Gasteiger partial charge in [0, 0.05) is 10.7 Å². The number of halogens is 3. The molecular formula is C16H15Cl2FN2O3S. The molecule has 0 bridgehead atoms. The number of anilines is 2. The van der Waals surface area contributed by atoms with Gasteiger partial charge in [0.15, 0.2) is 0 Å². The first-order chi connectivity index (χ1) is 11.6. The molecule has 5 nitrogen and oxygen atoms in total. The van der Waals surface area contributed by atoms with Crippen LogP contribution in [0, 0.1) is 5.82 Å². The molecule has 1 amide bonds. The molecule has 0 fully saturated rings. The van der Waals surface area contributed by atoms with Gasteiger partial charge in [-0.25, -0.2) is 12.8 Å². The zero-order chi connectivity index (χ0) is 18.8. The highest BCUT2D eigenvalue weighted by atomic mass is 35.5. The van der Waals surface area contributed by atoms with Gasteiger partial charge < -0.3 is 5.32 Å². The summed E-state index contributed by atoms with van der Waals surface area (Å²) in [7, 11) is -3.76. The standard InChI is InChI=1S/C16H15Cl2FN2O3S/c1-10(16(22)20-12-6-7-15(19)14(18)9-12)21(25(2,23)24)13-5-3-4-11(17)8-13/h3-10H,1-2H3,(H,20,22)/t10-/m0/s1. The van der Waals surface area contributed by atoms with Gasteiger partial charge in [-0.3, -0.25) is 9.10 Å². The summed E-state index contributed by atoms with van der Waals surface area (Å²) in [5, 5.41) is 2.70. The summed E-state index contributed by atoms with van der Waals surface area (Å²) in [6, 6.07) is 8.76. The highest BCUT2D eigenvalue weighted by Gasteiger charge is 2.29. The molecule has 0 aliphatic rings. The first kappa shape index (κ1) is 19.5. The SMILES string of the molecule is C[C@@H](C(=O)Nc1ccc(F)c(Cl)c1)N(c1cccc(Cl)c1)S(C)(=O)=O. The van der Waals surface area contributed by atoms with Crippen LogP contribution in [0.3, 0.4) is 0 Å². The summed E-state index contributed by atoms with van der Waals surface area (Å²) in [4.78, 5) is 12.5. The van der Waals surface area contributed by atoms with Gasteiger partial charge in [-0.05, 0) is 43.3 Å². The topological polar surface area (TPSA) is 66.5 Å². The van der Waals surface area contributed by atoms with Gasteiger partial charge in [-0.15, -0.1) is 0 Å². The maximum atomic E-state index is 13.2. The van der Waals surface area contributed by atoms with E-state index in [2.05, 4.69) is 5.32 Å². The smallest absolute Gasteiger partial charge is 0.247 e. The van der Waals surface area contributed by atoms with Gasteiger partial charge >= 0.3 is 0 Å². The van der Waals surface area contributed by atoms with E-state index in [1.165, 1.54) is 31.2 Å². The molecule has 0 saturated carbocycles. The van der Waals surface area contributed by atoms with Crippen LogP contribution in [-0.2, 0) is 14.8 Å². The van der Waals surface area contributed by atoms with Crippen LogP contribution >= 0.6 is 23.2 Å². The van der Waals surface area contributed by atoms with Crippen molar-refractivity contribution in [1.82, 2.24) is 0 Å². The molecule has 0 heterocycles. The second-order valence-electron chi connectivity index (χ2n) is 5.33. The molecule has 0 unspecified atom stereocenters. The quantitative estimate of drug-likeness (QED) is 0.820. The van der Waals surface area contributed by atoms with Gasteiger partial charge in [0.25, 0.3) is 0 Å². The van der Waals surface area contributed by atoms with Crippen LogP contribution in [0.25, 0.3) is 0 Å². The largest absolute Gasteiger partial charge is 0.324 e. The van der Waals surface area contributed by atoms with Crippen LogP contribution in [0.1, 0.15) is 6.92 Å². The average Bonchev–Trinajstić information content (AvgIpc) is 2.49. The molecule has 0 radical (unpaired) electrons. The minimum Gasteiger partial charge on any atom is -0.324 e. The number of hydrogen-bond acceptors (Lipinski definition) is 3. The zero-order valence-corrected chi connectivity index (χ0v) is 15.7. The Bertz CT molecular complexity index is 906. The van der Waals surface area contributed by atoms with Gasteiger partial charge in [-0.1, -0.05) is 29.3 Å². The number of hydrogen-bond donors (Lipinski definition) is 1. The molecule has 25 heavy (non-hydrogen) atoms. The number of carbonyl (C=O) groups excluding carboxylic acids is 1. The Labute approximate surface area is 155 Å². The second-order valence-corrected chi connectivity index (χ2v) is 8.04. The van der Waals surface area contributed by atoms with Crippen LogP contribution in [0.2, 0.25) is 10.0 Å². The predicted molar refractivity (Wildman–Crippen MR) is 98.3 cm³/mol. The number of nitrogens with one attached hydrogen (secondary N) is 1. The molecular weight excluding hydrogens is 390 g/mol. The second kappa shape index (κ2) is 7.59.